The van der Waals surface area contributed by atoms with Gasteiger partial charge in [-0.15, -0.1) is 0 Å². The molecule has 0 aromatic heterocycles. The molecule has 0 rings (SSSR count). The minimum atomic E-state index is 0.266. The summed E-state index contributed by atoms with van der Waals surface area (Å²) in [5.41, 5.74) is 2.43. The molecule has 0 aliphatic carbocycles. The first-order chi connectivity index (χ1) is 3.41. The first kappa shape index (κ1) is 6.28. The van der Waals surface area contributed by atoms with E-state index in [-0.39, 0.29) is 6.79 Å². The van der Waals surface area contributed by atoms with Crippen molar-refractivity contribution in [2.75, 3.05) is 13.9 Å². The molecular weight excluding hydrogens is 92.1 g/mol. The molecular formula is C5H8O2. The van der Waals surface area contributed by atoms with Gasteiger partial charge in [-0.3, -0.25) is 0 Å². The fourth-order valence-corrected chi connectivity index (χ4v) is 0.161. The zero-order valence-electron chi connectivity index (χ0n) is 4.31. The average Bonchev–Trinajstić information content (AvgIpc) is 1.69. The summed E-state index contributed by atoms with van der Waals surface area (Å²) in [6, 6.07) is 0. The normalized spacial score (nSPS) is 7.00. The van der Waals surface area contributed by atoms with Crippen LogP contribution >= 0.6 is 0 Å². The zero-order chi connectivity index (χ0) is 5.54. The van der Waals surface area contributed by atoms with E-state index in [2.05, 4.69) is 21.8 Å². The molecule has 0 saturated carbocycles. The predicted molar refractivity (Wildman–Crippen MR) is 26.7 cm³/mol. The molecule has 0 heterocycles. The molecule has 7 heavy (non-hydrogen) atoms. The van der Waals surface area contributed by atoms with Gasteiger partial charge in [0.2, 0.25) is 0 Å². The highest BCUT2D eigenvalue weighted by Gasteiger charge is 1.67. The molecule has 0 saturated heterocycles. The lowest BCUT2D eigenvalue weighted by Gasteiger charge is -1.91. The van der Waals surface area contributed by atoms with E-state index in [4.69, 9.17) is 0 Å². The van der Waals surface area contributed by atoms with Gasteiger partial charge in [0, 0.05) is 7.11 Å². The van der Waals surface area contributed by atoms with Gasteiger partial charge in [0.25, 0.3) is 0 Å². The standard InChI is InChI=1S/C5H8O2/c1-3-4-7-5-6-2/h4H,1,5H2,2H3. The maximum absolute atomic E-state index is 4.61. The molecule has 0 radical (unpaired) electrons. The van der Waals surface area contributed by atoms with Crippen LogP contribution in [0.25, 0.3) is 0 Å². The fourth-order valence-electron chi connectivity index (χ4n) is 0.161. The molecule has 0 atom stereocenters. The van der Waals surface area contributed by atoms with Crippen LogP contribution in [0.3, 0.4) is 0 Å². The lowest BCUT2D eigenvalue weighted by molar-refractivity contribution is 0.0201. The SMILES string of the molecule is C=C=COCOC. The second-order valence-corrected chi connectivity index (χ2v) is 0.895. The van der Waals surface area contributed by atoms with Crippen molar-refractivity contribution in [2.45, 2.75) is 0 Å². The van der Waals surface area contributed by atoms with E-state index in [0.717, 1.165) is 0 Å². The molecule has 0 bridgehead atoms. The van der Waals surface area contributed by atoms with Crippen molar-refractivity contribution in [3.63, 3.8) is 0 Å². The van der Waals surface area contributed by atoms with E-state index in [1.165, 1.54) is 6.26 Å². The molecule has 0 aliphatic heterocycles. The minimum absolute atomic E-state index is 0.266. The number of rotatable bonds is 3. The van der Waals surface area contributed by atoms with Crippen LogP contribution in [0.4, 0.5) is 0 Å². The lowest BCUT2D eigenvalue weighted by Crippen LogP contribution is -1.86. The highest BCUT2D eigenvalue weighted by atomic mass is 16.7. The summed E-state index contributed by atoms with van der Waals surface area (Å²) in [6.45, 7) is 3.54. The maximum Gasteiger partial charge on any atom is 0.188 e. The summed E-state index contributed by atoms with van der Waals surface area (Å²) in [7, 11) is 1.55. The smallest absolute Gasteiger partial charge is 0.188 e. The molecule has 0 spiro atoms. The van der Waals surface area contributed by atoms with Gasteiger partial charge in [-0.25, -0.2) is 0 Å². The second kappa shape index (κ2) is 5.28. The van der Waals surface area contributed by atoms with E-state index >= 15 is 0 Å². The number of methoxy groups -OCH3 is 1. The van der Waals surface area contributed by atoms with Gasteiger partial charge in [-0.2, -0.15) is 0 Å². The van der Waals surface area contributed by atoms with E-state index in [1.807, 2.05) is 0 Å². The molecule has 0 fully saturated rings. The van der Waals surface area contributed by atoms with Gasteiger partial charge in [0.15, 0.2) is 6.79 Å². The number of ether oxygens (including phenoxy) is 2. The minimum Gasteiger partial charge on any atom is -0.467 e. The molecule has 0 amide bonds. The topological polar surface area (TPSA) is 18.5 Å². The Bertz CT molecular complexity index is 72.1. The average molecular weight is 100 g/mol. The third kappa shape index (κ3) is 5.28. The molecule has 40 valence electrons. The van der Waals surface area contributed by atoms with E-state index < -0.39 is 0 Å². The second-order valence-electron chi connectivity index (χ2n) is 0.895. The van der Waals surface area contributed by atoms with Crippen LogP contribution in [0.2, 0.25) is 0 Å². The van der Waals surface area contributed by atoms with Crippen molar-refractivity contribution < 1.29 is 9.47 Å². The molecule has 0 aromatic carbocycles. The van der Waals surface area contributed by atoms with Crippen molar-refractivity contribution in [3.05, 3.63) is 18.6 Å². The number of hydrogen-bond donors (Lipinski definition) is 0. The van der Waals surface area contributed by atoms with Crippen LogP contribution < -0.4 is 0 Å². The van der Waals surface area contributed by atoms with Gasteiger partial charge >= 0.3 is 0 Å². The highest BCUT2D eigenvalue weighted by Crippen LogP contribution is 1.71. The van der Waals surface area contributed by atoms with E-state index in [0.29, 0.717) is 0 Å². The third-order valence-electron chi connectivity index (χ3n) is 0.353. The Morgan fingerprint density at radius 3 is 3.00 bits per heavy atom. The molecule has 2 nitrogen and oxygen atoms in total. The first-order valence-corrected chi connectivity index (χ1v) is 1.86. The summed E-state index contributed by atoms with van der Waals surface area (Å²) in [5, 5.41) is 0. The molecule has 0 N–H and O–H groups in total. The van der Waals surface area contributed by atoms with Crippen LogP contribution in [0.15, 0.2) is 18.6 Å². The summed E-state index contributed by atoms with van der Waals surface area (Å²) < 4.78 is 9.13. The molecule has 0 unspecified atom stereocenters. The fraction of sp³-hybridized carbons (Fsp3) is 0.400. The van der Waals surface area contributed by atoms with Crippen LogP contribution in [0.5, 0.6) is 0 Å². The monoisotopic (exact) mass is 100 g/mol. The summed E-state index contributed by atoms with van der Waals surface area (Å²) in [4.78, 5) is 0. The van der Waals surface area contributed by atoms with Crippen molar-refractivity contribution in [2.24, 2.45) is 0 Å². The maximum atomic E-state index is 4.61. The van der Waals surface area contributed by atoms with Gasteiger partial charge in [0.05, 0.1) is 0 Å². The quantitative estimate of drug-likeness (QED) is 0.227. The Morgan fingerprint density at radius 1 is 1.86 bits per heavy atom. The Balaban J connectivity index is 2.83. The highest BCUT2D eigenvalue weighted by molar-refractivity contribution is 4.62. The van der Waals surface area contributed by atoms with Crippen molar-refractivity contribution in [1.82, 2.24) is 0 Å². The Hall–Kier alpha value is -0.720. The van der Waals surface area contributed by atoms with Gasteiger partial charge < -0.3 is 9.47 Å². The van der Waals surface area contributed by atoms with Crippen LogP contribution in [-0.2, 0) is 9.47 Å². The molecule has 0 aromatic rings. The van der Waals surface area contributed by atoms with Crippen LogP contribution in [0.1, 0.15) is 0 Å². The summed E-state index contributed by atoms with van der Waals surface area (Å²) in [5.74, 6) is 0. The van der Waals surface area contributed by atoms with E-state index in [9.17, 15) is 0 Å². The van der Waals surface area contributed by atoms with E-state index in [1.54, 1.807) is 7.11 Å². The number of hydrogen-bond acceptors (Lipinski definition) is 2. The molecule has 2 heteroatoms. The Labute approximate surface area is 43.0 Å². The summed E-state index contributed by atoms with van der Waals surface area (Å²) in [6.07, 6.45) is 1.35. The Kier molecular flexibility index (Phi) is 4.74. The predicted octanol–water partition coefficient (Wildman–Crippen LogP) is 0.905. The van der Waals surface area contributed by atoms with Crippen molar-refractivity contribution in [3.8, 4) is 0 Å². The largest absolute Gasteiger partial charge is 0.467 e. The molecule has 0 aliphatic rings. The van der Waals surface area contributed by atoms with Crippen molar-refractivity contribution in [1.29, 1.82) is 0 Å². The van der Waals surface area contributed by atoms with Crippen LogP contribution in [0, 0.1) is 0 Å². The lowest BCUT2D eigenvalue weighted by atomic mass is 10.9. The third-order valence-corrected chi connectivity index (χ3v) is 0.353. The summed E-state index contributed by atoms with van der Waals surface area (Å²) >= 11 is 0. The van der Waals surface area contributed by atoms with Gasteiger partial charge in [-0.1, -0.05) is 12.3 Å². The zero-order valence-corrected chi connectivity index (χ0v) is 4.31. The van der Waals surface area contributed by atoms with Gasteiger partial charge in [-0.05, 0) is 0 Å². The van der Waals surface area contributed by atoms with Gasteiger partial charge in [0.1, 0.15) is 6.26 Å². The van der Waals surface area contributed by atoms with Crippen LogP contribution in [-0.4, -0.2) is 13.9 Å². The van der Waals surface area contributed by atoms with Crippen molar-refractivity contribution >= 4 is 0 Å². The first-order valence-electron chi connectivity index (χ1n) is 1.86. The Morgan fingerprint density at radius 2 is 2.57 bits per heavy atom.